The fourth-order valence-electron chi connectivity index (χ4n) is 2.81. The van der Waals surface area contributed by atoms with Gasteiger partial charge in [0.15, 0.2) is 5.82 Å². The molecule has 3 aromatic rings. The summed E-state index contributed by atoms with van der Waals surface area (Å²) in [4.78, 5) is 14.6. The fourth-order valence-corrected chi connectivity index (χ4v) is 2.81. The van der Waals surface area contributed by atoms with Crippen molar-refractivity contribution in [1.29, 1.82) is 0 Å². The van der Waals surface area contributed by atoms with Gasteiger partial charge in [-0.3, -0.25) is 10.1 Å². The van der Waals surface area contributed by atoms with Gasteiger partial charge in [-0.2, -0.15) is 4.73 Å². The van der Waals surface area contributed by atoms with Gasteiger partial charge in [-0.25, -0.2) is 4.98 Å². The van der Waals surface area contributed by atoms with Crippen molar-refractivity contribution in [2.75, 3.05) is 0 Å². The maximum atomic E-state index is 10.8. The van der Waals surface area contributed by atoms with Crippen molar-refractivity contribution < 1.29 is 10.1 Å². The Labute approximate surface area is 154 Å². The van der Waals surface area contributed by atoms with Crippen molar-refractivity contribution in [2.24, 2.45) is 0 Å². The Hall–Kier alpha value is -4.11. The molecule has 27 heavy (non-hydrogen) atoms. The fraction of sp³-hybridized carbons (Fsp3) is 0. The van der Waals surface area contributed by atoms with Crippen LogP contribution in [-0.4, -0.2) is 19.8 Å². The lowest BCUT2D eigenvalue weighted by Gasteiger charge is -2.10. The minimum absolute atomic E-state index is 0.116. The van der Waals surface area contributed by atoms with Crippen LogP contribution < -0.4 is 0 Å². The summed E-state index contributed by atoms with van der Waals surface area (Å²) in [5, 5.41) is 21.0. The number of nitrogens with zero attached hydrogens (tertiary/aromatic N) is 3. The Bertz CT molecular complexity index is 1200. The van der Waals surface area contributed by atoms with Gasteiger partial charge in [-0.1, -0.05) is 42.3 Å². The maximum Gasteiger partial charge on any atom is 0.271 e. The van der Waals surface area contributed by atoms with Crippen molar-refractivity contribution in [3.8, 4) is 34.9 Å². The quantitative estimate of drug-likeness (QED) is 0.219. The Morgan fingerprint density at radius 1 is 1.04 bits per heavy atom. The Balaban J connectivity index is 0.000000250. The normalized spacial score (nSPS) is 10.6. The summed E-state index contributed by atoms with van der Waals surface area (Å²) in [7, 11) is 0. The molecule has 0 radical (unpaired) electrons. The number of nitro benzene ring substituents is 1. The summed E-state index contributed by atoms with van der Waals surface area (Å²) in [6, 6.07) is 19.6. The first-order valence-corrected chi connectivity index (χ1v) is 8.11. The number of aromatic nitrogens is 2. The van der Waals surface area contributed by atoms with Crippen molar-refractivity contribution >= 4 is 16.7 Å². The number of benzene rings is 3. The van der Waals surface area contributed by atoms with Crippen molar-refractivity contribution in [1.82, 2.24) is 9.71 Å². The topological polar surface area (TPSA) is 81.2 Å². The zero-order chi connectivity index (χ0) is 19.0. The van der Waals surface area contributed by atoms with E-state index < -0.39 is 4.92 Å². The van der Waals surface area contributed by atoms with Crippen LogP contribution in [-0.2, 0) is 0 Å². The highest BCUT2D eigenvalue weighted by molar-refractivity contribution is 5.83. The van der Waals surface area contributed by atoms with Gasteiger partial charge >= 0.3 is 0 Å². The third-order valence-electron chi connectivity index (χ3n) is 4.37. The molecule has 0 unspecified atom stereocenters. The van der Waals surface area contributed by atoms with E-state index in [4.69, 9.17) is 6.42 Å². The lowest BCUT2D eigenvalue weighted by molar-refractivity contribution is -0.384. The SMILES string of the molecule is C#Cc1ccccc1-c1nc2ccc([N+](=O)[O-])cc2n1O.c1cc2ccc1-2. The van der Waals surface area contributed by atoms with Gasteiger partial charge in [0.05, 0.1) is 10.4 Å². The molecule has 2 aliphatic carbocycles. The van der Waals surface area contributed by atoms with Crippen LogP contribution in [0, 0.1) is 22.5 Å². The molecule has 0 aliphatic heterocycles. The van der Waals surface area contributed by atoms with Crippen LogP contribution in [0.5, 0.6) is 0 Å². The van der Waals surface area contributed by atoms with E-state index in [2.05, 4.69) is 35.2 Å². The predicted molar refractivity (Wildman–Crippen MR) is 102 cm³/mol. The van der Waals surface area contributed by atoms with Gasteiger partial charge in [0.1, 0.15) is 5.52 Å². The number of non-ortho nitro benzene ring substituents is 1. The summed E-state index contributed by atoms with van der Waals surface area (Å²) in [6.45, 7) is 0. The van der Waals surface area contributed by atoms with Crippen molar-refractivity contribution in [3.63, 3.8) is 0 Å². The van der Waals surface area contributed by atoms with Crippen molar-refractivity contribution in [3.05, 3.63) is 82.4 Å². The summed E-state index contributed by atoms with van der Waals surface area (Å²) in [6.07, 6.45) is 5.44. The van der Waals surface area contributed by atoms with Gasteiger partial charge in [0.2, 0.25) is 0 Å². The van der Waals surface area contributed by atoms with E-state index in [-0.39, 0.29) is 17.0 Å². The van der Waals surface area contributed by atoms with Crippen LogP contribution in [0.25, 0.3) is 33.5 Å². The lowest BCUT2D eigenvalue weighted by atomic mass is 9.95. The van der Waals surface area contributed by atoms with Gasteiger partial charge in [-0.15, -0.1) is 6.42 Å². The number of hydrogen-bond acceptors (Lipinski definition) is 4. The second kappa shape index (κ2) is 6.32. The van der Waals surface area contributed by atoms with E-state index in [1.165, 1.54) is 29.3 Å². The molecular weight excluding hydrogens is 342 g/mol. The number of hydrogen-bond donors (Lipinski definition) is 1. The molecule has 5 rings (SSSR count). The van der Waals surface area contributed by atoms with E-state index in [0.717, 1.165) is 4.73 Å². The van der Waals surface area contributed by atoms with E-state index in [1.807, 2.05) is 0 Å². The average molecular weight is 355 g/mol. The third kappa shape index (κ3) is 2.77. The molecule has 6 heteroatoms. The zero-order valence-electron chi connectivity index (χ0n) is 14.0. The minimum Gasteiger partial charge on any atom is -0.426 e. The molecular formula is C21H13N3O3. The summed E-state index contributed by atoms with van der Waals surface area (Å²) in [5.41, 5.74) is 4.61. The third-order valence-corrected chi connectivity index (χ3v) is 4.37. The monoisotopic (exact) mass is 355 g/mol. The first kappa shape index (κ1) is 16.4. The van der Waals surface area contributed by atoms with Crippen LogP contribution in [0.15, 0.2) is 66.7 Å². The molecule has 0 amide bonds. The standard InChI is InChI=1S/C15H9N3O3.C6H4/c1-2-10-5-3-4-6-12(10)15-16-13-8-7-11(18(20)21)9-14(13)17(15)19;1-2-6-4-3-5(1)6/h1,3-9,19H;1-4H. The molecule has 6 nitrogen and oxygen atoms in total. The van der Waals surface area contributed by atoms with Gasteiger partial charge in [-0.05, 0) is 29.3 Å². The van der Waals surface area contributed by atoms with Crippen LogP contribution in [0.2, 0.25) is 0 Å². The molecule has 0 saturated heterocycles. The van der Waals surface area contributed by atoms with Crippen LogP contribution in [0.1, 0.15) is 5.56 Å². The van der Waals surface area contributed by atoms with Crippen LogP contribution >= 0.6 is 0 Å². The Kier molecular flexibility index (Phi) is 3.83. The average Bonchev–Trinajstić information content (AvgIpc) is 3.01. The molecule has 1 N–H and O–H groups in total. The Morgan fingerprint density at radius 2 is 1.70 bits per heavy atom. The highest BCUT2D eigenvalue weighted by Crippen LogP contribution is 2.29. The summed E-state index contributed by atoms with van der Waals surface area (Å²) >= 11 is 0. The molecule has 0 spiro atoms. The molecule has 1 aromatic heterocycles. The smallest absolute Gasteiger partial charge is 0.271 e. The molecule has 2 aromatic carbocycles. The summed E-state index contributed by atoms with van der Waals surface area (Å²) in [5.74, 6) is 2.77. The number of terminal acetylenes is 1. The number of imidazole rings is 1. The second-order valence-electron chi connectivity index (χ2n) is 5.94. The minimum atomic E-state index is -0.526. The first-order valence-electron chi connectivity index (χ1n) is 8.11. The molecule has 1 heterocycles. The number of nitro groups is 1. The molecule has 0 atom stereocenters. The van der Waals surface area contributed by atoms with E-state index in [0.29, 0.717) is 16.6 Å². The van der Waals surface area contributed by atoms with Crippen LogP contribution in [0.3, 0.4) is 0 Å². The first-order chi connectivity index (χ1) is 13.1. The van der Waals surface area contributed by atoms with E-state index >= 15 is 0 Å². The number of rotatable bonds is 2. The predicted octanol–water partition coefficient (Wildman–Crippen LogP) is 4.50. The number of fused-ring (bicyclic) bond motifs is 2. The van der Waals surface area contributed by atoms with Gasteiger partial charge in [0, 0.05) is 23.3 Å². The molecule has 0 bridgehead atoms. The van der Waals surface area contributed by atoms with Gasteiger partial charge in [0.25, 0.3) is 5.69 Å². The zero-order valence-corrected chi connectivity index (χ0v) is 14.0. The molecule has 0 fully saturated rings. The molecule has 0 saturated carbocycles. The lowest BCUT2D eigenvalue weighted by Crippen LogP contribution is -1.96. The maximum absolute atomic E-state index is 10.8. The highest BCUT2D eigenvalue weighted by Gasteiger charge is 2.17. The molecule has 130 valence electrons. The van der Waals surface area contributed by atoms with Crippen LogP contribution in [0.4, 0.5) is 5.69 Å². The largest absolute Gasteiger partial charge is 0.426 e. The molecule has 2 aliphatic rings. The van der Waals surface area contributed by atoms with Crippen molar-refractivity contribution in [2.45, 2.75) is 0 Å². The Morgan fingerprint density at radius 3 is 2.26 bits per heavy atom. The highest BCUT2D eigenvalue weighted by atomic mass is 16.6. The van der Waals surface area contributed by atoms with E-state index in [1.54, 1.807) is 24.3 Å². The second-order valence-corrected chi connectivity index (χ2v) is 5.94. The summed E-state index contributed by atoms with van der Waals surface area (Å²) < 4.78 is 0.818. The van der Waals surface area contributed by atoms with Gasteiger partial charge < -0.3 is 5.21 Å². The van der Waals surface area contributed by atoms with E-state index in [9.17, 15) is 15.3 Å².